The zero-order valence-corrected chi connectivity index (χ0v) is 18.8. The molecule has 0 aromatic heterocycles. The number of nitrogens with one attached hydrogen (secondary N) is 1. The molecule has 3 atom stereocenters. The topological polar surface area (TPSA) is 67.8 Å². The van der Waals surface area contributed by atoms with Crippen LogP contribution in [0.15, 0.2) is 60.7 Å². The average molecular weight is 428 g/mol. The fourth-order valence-electron chi connectivity index (χ4n) is 3.51. The minimum Gasteiger partial charge on any atom is -0.394 e. The third kappa shape index (κ3) is 9.21. The number of benzene rings is 2. The molecule has 5 nitrogen and oxygen atoms in total. The monoisotopic (exact) mass is 427 g/mol. The summed E-state index contributed by atoms with van der Waals surface area (Å²) >= 11 is 0. The first kappa shape index (κ1) is 25.1. The summed E-state index contributed by atoms with van der Waals surface area (Å²) in [6.07, 6.45) is 3.27. The van der Waals surface area contributed by atoms with Crippen molar-refractivity contribution in [1.29, 1.82) is 0 Å². The molecule has 0 saturated heterocycles. The summed E-state index contributed by atoms with van der Waals surface area (Å²) in [5.74, 6) is -0.0767. The lowest BCUT2D eigenvalue weighted by molar-refractivity contribution is -0.130. The van der Waals surface area contributed by atoms with Gasteiger partial charge in [0.15, 0.2) is 0 Å². The van der Waals surface area contributed by atoms with E-state index in [1.54, 1.807) is 0 Å². The van der Waals surface area contributed by atoms with Crippen LogP contribution in [-0.4, -0.2) is 35.9 Å². The predicted molar refractivity (Wildman–Crippen MR) is 123 cm³/mol. The minimum atomic E-state index is -0.527. The highest BCUT2D eigenvalue weighted by Crippen LogP contribution is 2.20. The highest BCUT2D eigenvalue weighted by Gasteiger charge is 2.32. The van der Waals surface area contributed by atoms with E-state index < -0.39 is 12.1 Å². The van der Waals surface area contributed by atoms with Crippen LogP contribution in [-0.2, 0) is 27.5 Å². The number of carbonyl (C=O) groups excluding carboxylic acids is 1. The summed E-state index contributed by atoms with van der Waals surface area (Å²) in [4.78, 5) is 12.3. The van der Waals surface area contributed by atoms with E-state index in [4.69, 9.17) is 9.47 Å². The molecule has 0 unspecified atom stereocenters. The molecule has 0 bridgehead atoms. The Labute approximate surface area is 186 Å². The van der Waals surface area contributed by atoms with E-state index in [0.29, 0.717) is 19.6 Å². The SMILES string of the molecule is CCCC[C@@H](OCc1ccccc1)[C@@H](OCc1ccccc1)[C@H](CO)NC(=O)CCC. The van der Waals surface area contributed by atoms with Crippen LogP contribution < -0.4 is 5.32 Å². The van der Waals surface area contributed by atoms with Crippen LogP contribution in [0.3, 0.4) is 0 Å². The van der Waals surface area contributed by atoms with Gasteiger partial charge in [0.05, 0.1) is 32.0 Å². The van der Waals surface area contributed by atoms with E-state index in [0.717, 1.165) is 36.8 Å². The number of hydrogen-bond acceptors (Lipinski definition) is 4. The lowest BCUT2D eigenvalue weighted by Crippen LogP contribution is -2.52. The maximum Gasteiger partial charge on any atom is 0.220 e. The molecule has 0 heterocycles. The summed E-state index contributed by atoms with van der Waals surface area (Å²) in [6, 6.07) is 19.4. The van der Waals surface area contributed by atoms with Gasteiger partial charge in [0.25, 0.3) is 0 Å². The molecule has 2 aromatic carbocycles. The second-order valence-electron chi connectivity index (χ2n) is 7.85. The quantitative estimate of drug-likeness (QED) is 0.435. The van der Waals surface area contributed by atoms with Crippen molar-refractivity contribution in [1.82, 2.24) is 5.32 Å². The van der Waals surface area contributed by atoms with Gasteiger partial charge in [-0.1, -0.05) is 87.4 Å². The second kappa shape index (κ2) is 14.7. The number of unbranched alkanes of at least 4 members (excludes halogenated alkanes) is 1. The van der Waals surface area contributed by atoms with Gasteiger partial charge in [-0.25, -0.2) is 0 Å². The number of amides is 1. The number of hydrogen-bond donors (Lipinski definition) is 2. The van der Waals surface area contributed by atoms with Crippen LogP contribution in [0.25, 0.3) is 0 Å². The van der Waals surface area contributed by atoms with Gasteiger partial charge in [-0.3, -0.25) is 4.79 Å². The first-order valence-corrected chi connectivity index (χ1v) is 11.4. The number of rotatable bonds is 15. The Morgan fingerprint density at radius 1 is 0.903 bits per heavy atom. The summed E-state index contributed by atoms with van der Waals surface area (Å²) in [5.41, 5.74) is 2.13. The molecule has 0 radical (unpaired) electrons. The van der Waals surface area contributed by atoms with Crippen molar-refractivity contribution in [3.05, 3.63) is 71.8 Å². The standard InChI is InChI=1S/C26H37NO4/c1-3-5-17-24(30-19-21-13-8-6-9-14-21)26(23(18-28)27-25(29)12-4-2)31-20-22-15-10-7-11-16-22/h6-11,13-16,23-24,26,28H,3-5,12,17-20H2,1-2H3,(H,27,29)/t23-,24+,26-/m0/s1. The third-order valence-corrected chi connectivity index (χ3v) is 5.22. The van der Waals surface area contributed by atoms with Gasteiger partial charge in [-0.15, -0.1) is 0 Å². The average Bonchev–Trinajstić information content (AvgIpc) is 2.80. The van der Waals surface area contributed by atoms with Crippen LogP contribution in [0.1, 0.15) is 57.1 Å². The van der Waals surface area contributed by atoms with Crippen LogP contribution in [0, 0.1) is 0 Å². The Kier molecular flexibility index (Phi) is 11.9. The number of carbonyl (C=O) groups is 1. The maximum absolute atomic E-state index is 12.3. The highest BCUT2D eigenvalue weighted by molar-refractivity contribution is 5.76. The van der Waals surface area contributed by atoms with Crippen molar-refractivity contribution >= 4 is 5.91 Å². The van der Waals surface area contributed by atoms with Gasteiger partial charge < -0.3 is 19.9 Å². The fourth-order valence-corrected chi connectivity index (χ4v) is 3.51. The number of ether oxygens (including phenoxy) is 2. The Balaban J connectivity index is 2.18. The summed E-state index contributed by atoms with van der Waals surface area (Å²) in [7, 11) is 0. The lowest BCUT2D eigenvalue weighted by Gasteiger charge is -2.33. The van der Waals surface area contributed by atoms with E-state index >= 15 is 0 Å². The van der Waals surface area contributed by atoms with Crippen molar-refractivity contribution < 1.29 is 19.4 Å². The molecular weight excluding hydrogens is 390 g/mol. The minimum absolute atomic E-state index is 0.0767. The molecule has 0 aliphatic rings. The van der Waals surface area contributed by atoms with Gasteiger partial charge in [-0.05, 0) is 24.0 Å². The van der Waals surface area contributed by atoms with Crippen LogP contribution in [0.4, 0.5) is 0 Å². The van der Waals surface area contributed by atoms with Gasteiger partial charge >= 0.3 is 0 Å². The van der Waals surface area contributed by atoms with Crippen molar-refractivity contribution in [2.45, 2.75) is 77.4 Å². The summed E-state index contributed by atoms with van der Waals surface area (Å²) < 4.78 is 12.6. The van der Waals surface area contributed by atoms with Crippen molar-refractivity contribution in [3.8, 4) is 0 Å². The van der Waals surface area contributed by atoms with Gasteiger partial charge in [0, 0.05) is 6.42 Å². The molecule has 2 aromatic rings. The van der Waals surface area contributed by atoms with Gasteiger partial charge in [0.1, 0.15) is 6.10 Å². The molecule has 5 heteroatoms. The molecule has 2 N–H and O–H groups in total. The summed E-state index contributed by atoms with van der Waals surface area (Å²) in [5, 5.41) is 13.1. The van der Waals surface area contributed by atoms with E-state index in [-0.39, 0.29) is 18.6 Å². The predicted octanol–water partition coefficient (Wildman–Crippen LogP) is 4.62. The molecule has 0 aliphatic heterocycles. The van der Waals surface area contributed by atoms with Crippen LogP contribution in [0.5, 0.6) is 0 Å². The maximum atomic E-state index is 12.3. The van der Waals surface area contributed by atoms with E-state index in [2.05, 4.69) is 12.2 Å². The highest BCUT2D eigenvalue weighted by atomic mass is 16.5. The normalized spacial score (nSPS) is 14.0. The smallest absolute Gasteiger partial charge is 0.220 e. The molecular formula is C26H37NO4. The van der Waals surface area contributed by atoms with E-state index in [9.17, 15) is 9.90 Å². The molecule has 0 aliphatic carbocycles. The Bertz CT molecular complexity index is 723. The van der Waals surface area contributed by atoms with Gasteiger partial charge in [0.2, 0.25) is 5.91 Å². The molecule has 0 saturated carbocycles. The Morgan fingerprint density at radius 3 is 2.00 bits per heavy atom. The second-order valence-corrected chi connectivity index (χ2v) is 7.85. The molecule has 1 amide bonds. The van der Waals surface area contributed by atoms with Gasteiger partial charge in [-0.2, -0.15) is 0 Å². The van der Waals surface area contributed by atoms with E-state index in [1.807, 2.05) is 67.6 Å². The molecule has 0 fully saturated rings. The first-order chi connectivity index (χ1) is 15.2. The Hall–Kier alpha value is -2.21. The number of aliphatic hydroxyl groups excluding tert-OH is 1. The van der Waals surface area contributed by atoms with Crippen LogP contribution in [0.2, 0.25) is 0 Å². The third-order valence-electron chi connectivity index (χ3n) is 5.22. The molecule has 2 rings (SSSR count). The van der Waals surface area contributed by atoms with Crippen molar-refractivity contribution in [2.24, 2.45) is 0 Å². The fraction of sp³-hybridized carbons (Fsp3) is 0.500. The van der Waals surface area contributed by atoms with Crippen molar-refractivity contribution in [3.63, 3.8) is 0 Å². The van der Waals surface area contributed by atoms with E-state index in [1.165, 1.54) is 0 Å². The zero-order chi connectivity index (χ0) is 22.3. The first-order valence-electron chi connectivity index (χ1n) is 11.4. The Morgan fingerprint density at radius 2 is 1.48 bits per heavy atom. The molecule has 170 valence electrons. The van der Waals surface area contributed by atoms with Crippen molar-refractivity contribution in [2.75, 3.05) is 6.61 Å². The molecule has 0 spiro atoms. The zero-order valence-electron chi connectivity index (χ0n) is 18.8. The molecule has 31 heavy (non-hydrogen) atoms. The summed E-state index contributed by atoms with van der Waals surface area (Å²) in [6.45, 7) is 4.75. The largest absolute Gasteiger partial charge is 0.394 e. The van der Waals surface area contributed by atoms with Crippen LogP contribution >= 0.6 is 0 Å². The lowest BCUT2D eigenvalue weighted by atomic mass is 10.00. The number of aliphatic hydroxyl groups is 1.